The molecular formula is C25H21ClN4OS. The second-order valence-corrected chi connectivity index (χ2v) is 9.13. The van der Waals surface area contributed by atoms with E-state index in [1.165, 1.54) is 11.1 Å². The van der Waals surface area contributed by atoms with E-state index in [0.29, 0.717) is 16.7 Å². The van der Waals surface area contributed by atoms with Crippen LogP contribution in [0.1, 0.15) is 22.6 Å². The molecule has 7 heteroatoms. The zero-order valence-electron chi connectivity index (χ0n) is 18.0. The van der Waals surface area contributed by atoms with Gasteiger partial charge in [0.1, 0.15) is 10.8 Å². The molecule has 0 unspecified atom stereocenters. The standard InChI is InChI=1S/C25H21ClN4OS/c1-15-4-5-16(2)20(12-15)21-13-23-25(27-10-11-30(23)29-21)32-14-22-17(3)31-24(28-22)18-6-8-19(26)9-7-18/h4-13H,14H2,1-3H3. The Kier molecular flexibility index (Phi) is 5.49. The number of oxazole rings is 1. The van der Waals surface area contributed by atoms with Gasteiger partial charge in [-0.25, -0.2) is 14.5 Å². The van der Waals surface area contributed by atoms with Crippen LogP contribution in [-0.4, -0.2) is 19.6 Å². The van der Waals surface area contributed by atoms with Gasteiger partial charge in [-0.2, -0.15) is 5.10 Å². The van der Waals surface area contributed by atoms with Crippen LogP contribution in [0.4, 0.5) is 0 Å². The molecule has 0 spiro atoms. The topological polar surface area (TPSA) is 56.2 Å². The SMILES string of the molecule is Cc1ccc(C)c(-c2cc3c(SCc4nc(-c5ccc(Cl)cc5)oc4C)nccn3n2)c1. The van der Waals surface area contributed by atoms with Crippen LogP contribution in [0.25, 0.3) is 28.2 Å². The minimum Gasteiger partial charge on any atom is -0.441 e. The maximum absolute atomic E-state index is 5.99. The van der Waals surface area contributed by atoms with Gasteiger partial charge in [-0.1, -0.05) is 41.1 Å². The molecule has 0 aliphatic rings. The first-order valence-corrected chi connectivity index (χ1v) is 11.6. The minimum atomic E-state index is 0.600. The van der Waals surface area contributed by atoms with Gasteiger partial charge in [0.15, 0.2) is 0 Å². The normalized spacial score (nSPS) is 11.4. The summed E-state index contributed by atoms with van der Waals surface area (Å²) in [4.78, 5) is 9.30. The molecule has 160 valence electrons. The molecule has 0 bridgehead atoms. The van der Waals surface area contributed by atoms with Crippen molar-refractivity contribution < 1.29 is 4.42 Å². The predicted molar refractivity (Wildman–Crippen MR) is 129 cm³/mol. The van der Waals surface area contributed by atoms with E-state index in [4.69, 9.17) is 26.1 Å². The average Bonchev–Trinajstić information content (AvgIpc) is 3.38. The van der Waals surface area contributed by atoms with E-state index in [9.17, 15) is 0 Å². The summed E-state index contributed by atoms with van der Waals surface area (Å²) in [6.07, 6.45) is 3.66. The molecule has 0 radical (unpaired) electrons. The Hall–Kier alpha value is -3.09. The van der Waals surface area contributed by atoms with Gasteiger partial charge in [-0.3, -0.25) is 0 Å². The van der Waals surface area contributed by atoms with Gasteiger partial charge in [-0.15, -0.1) is 0 Å². The summed E-state index contributed by atoms with van der Waals surface area (Å²) in [5, 5.41) is 6.38. The van der Waals surface area contributed by atoms with Crippen molar-refractivity contribution >= 4 is 28.9 Å². The van der Waals surface area contributed by atoms with Crippen molar-refractivity contribution in [3.8, 4) is 22.7 Å². The van der Waals surface area contributed by atoms with Crippen molar-refractivity contribution in [2.45, 2.75) is 31.6 Å². The van der Waals surface area contributed by atoms with Crippen LogP contribution in [0.3, 0.4) is 0 Å². The van der Waals surface area contributed by atoms with E-state index in [-0.39, 0.29) is 0 Å². The molecule has 0 N–H and O–H groups in total. The van der Waals surface area contributed by atoms with Gasteiger partial charge < -0.3 is 4.42 Å². The zero-order chi connectivity index (χ0) is 22.2. The number of hydrogen-bond acceptors (Lipinski definition) is 5. The lowest BCUT2D eigenvalue weighted by Gasteiger charge is -2.03. The lowest BCUT2D eigenvalue weighted by atomic mass is 10.0. The fraction of sp³-hybridized carbons (Fsp3) is 0.160. The quantitative estimate of drug-likeness (QED) is 0.266. The lowest BCUT2D eigenvalue weighted by Crippen LogP contribution is -1.92. The second-order valence-electron chi connectivity index (χ2n) is 7.73. The Morgan fingerprint density at radius 2 is 1.84 bits per heavy atom. The molecule has 0 fully saturated rings. The highest BCUT2D eigenvalue weighted by molar-refractivity contribution is 7.98. The molecule has 3 heterocycles. The fourth-order valence-electron chi connectivity index (χ4n) is 3.57. The minimum absolute atomic E-state index is 0.600. The second kappa shape index (κ2) is 8.45. The van der Waals surface area contributed by atoms with Gasteiger partial charge in [0.25, 0.3) is 0 Å². The smallest absolute Gasteiger partial charge is 0.226 e. The number of halogens is 1. The van der Waals surface area contributed by atoms with Crippen molar-refractivity contribution in [1.82, 2.24) is 19.6 Å². The van der Waals surface area contributed by atoms with Gasteiger partial charge in [-0.05, 0) is 62.7 Å². The van der Waals surface area contributed by atoms with Crippen LogP contribution in [-0.2, 0) is 5.75 Å². The maximum Gasteiger partial charge on any atom is 0.226 e. The van der Waals surface area contributed by atoms with E-state index in [0.717, 1.165) is 38.8 Å². The molecule has 5 aromatic rings. The lowest BCUT2D eigenvalue weighted by molar-refractivity contribution is 0.540. The molecule has 2 aromatic carbocycles. The number of thioether (sulfide) groups is 1. The third-order valence-corrected chi connectivity index (χ3v) is 6.61. The first-order chi connectivity index (χ1) is 15.5. The summed E-state index contributed by atoms with van der Waals surface area (Å²) >= 11 is 7.62. The van der Waals surface area contributed by atoms with Crippen LogP contribution < -0.4 is 0 Å². The number of nitrogens with zero attached hydrogens (tertiary/aromatic N) is 4. The highest BCUT2D eigenvalue weighted by Crippen LogP contribution is 2.31. The molecule has 32 heavy (non-hydrogen) atoms. The molecule has 0 atom stereocenters. The summed E-state index contributed by atoms with van der Waals surface area (Å²) in [6.45, 7) is 6.15. The Labute approximate surface area is 195 Å². The molecule has 5 nitrogen and oxygen atoms in total. The van der Waals surface area contributed by atoms with Crippen molar-refractivity contribution in [3.05, 3.63) is 88.5 Å². The Morgan fingerprint density at radius 1 is 1.03 bits per heavy atom. The first kappa shape index (κ1) is 20.8. The van der Waals surface area contributed by atoms with Crippen LogP contribution >= 0.6 is 23.4 Å². The first-order valence-electron chi connectivity index (χ1n) is 10.2. The van der Waals surface area contributed by atoms with E-state index >= 15 is 0 Å². The van der Waals surface area contributed by atoms with E-state index in [2.05, 4.69) is 43.1 Å². The summed E-state index contributed by atoms with van der Waals surface area (Å²) in [5.41, 5.74) is 7.30. The van der Waals surface area contributed by atoms with Crippen molar-refractivity contribution in [2.75, 3.05) is 0 Å². The van der Waals surface area contributed by atoms with Gasteiger partial charge >= 0.3 is 0 Å². The van der Waals surface area contributed by atoms with E-state index < -0.39 is 0 Å². The molecule has 0 aliphatic carbocycles. The Morgan fingerprint density at radius 3 is 2.66 bits per heavy atom. The van der Waals surface area contributed by atoms with Crippen LogP contribution in [0.5, 0.6) is 0 Å². The van der Waals surface area contributed by atoms with Crippen LogP contribution in [0.15, 0.2) is 70.4 Å². The summed E-state index contributed by atoms with van der Waals surface area (Å²) in [7, 11) is 0. The van der Waals surface area contributed by atoms with Crippen molar-refractivity contribution in [1.29, 1.82) is 0 Å². The highest BCUT2D eigenvalue weighted by Gasteiger charge is 2.15. The largest absolute Gasteiger partial charge is 0.441 e. The summed E-state index contributed by atoms with van der Waals surface area (Å²) in [5.74, 6) is 2.06. The third kappa shape index (κ3) is 4.04. The Bertz CT molecular complexity index is 1420. The number of aromatic nitrogens is 4. The molecule has 5 rings (SSSR count). The number of aryl methyl sites for hydroxylation is 3. The molecule has 0 amide bonds. The average molecular weight is 461 g/mol. The van der Waals surface area contributed by atoms with E-state index in [1.807, 2.05) is 41.9 Å². The summed E-state index contributed by atoms with van der Waals surface area (Å²) in [6, 6.07) is 16.0. The van der Waals surface area contributed by atoms with E-state index in [1.54, 1.807) is 18.0 Å². The molecule has 0 aliphatic heterocycles. The van der Waals surface area contributed by atoms with Gasteiger partial charge in [0, 0.05) is 34.3 Å². The molecule has 0 saturated carbocycles. The van der Waals surface area contributed by atoms with Crippen molar-refractivity contribution in [2.24, 2.45) is 0 Å². The highest BCUT2D eigenvalue weighted by atomic mass is 35.5. The molecule has 0 saturated heterocycles. The van der Waals surface area contributed by atoms with Gasteiger partial charge in [0.05, 0.1) is 16.9 Å². The van der Waals surface area contributed by atoms with Crippen molar-refractivity contribution in [3.63, 3.8) is 0 Å². The predicted octanol–water partition coefficient (Wildman–Crippen LogP) is 6.92. The summed E-state index contributed by atoms with van der Waals surface area (Å²) < 4.78 is 7.79. The maximum atomic E-state index is 5.99. The molecule has 3 aromatic heterocycles. The number of fused-ring (bicyclic) bond motifs is 1. The fourth-order valence-corrected chi connectivity index (χ4v) is 4.67. The van der Waals surface area contributed by atoms with Crippen LogP contribution in [0, 0.1) is 20.8 Å². The third-order valence-electron chi connectivity index (χ3n) is 5.35. The monoisotopic (exact) mass is 460 g/mol. The number of rotatable bonds is 5. The Balaban J connectivity index is 1.42. The number of benzene rings is 2. The molecular weight excluding hydrogens is 440 g/mol. The van der Waals surface area contributed by atoms with Crippen LogP contribution in [0.2, 0.25) is 5.02 Å². The zero-order valence-corrected chi connectivity index (χ0v) is 19.5. The van der Waals surface area contributed by atoms with Gasteiger partial charge in [0.2, 0.25) is 5.89 Å². The number of hydrogen-bond donors (Lipinski definition) is 0.